The lowest BCUT2D eigenvalue weighted by atomic mass is 10.0. The fraction of sp³-hybridized carbons (Fsp3) is 0.167. The number of fused-ring (bicyclic) bond motifs is 1. The molecule has 0 aliphatic rings. The first-order valence-corrected chi connectivity index (χ1v) is 7.12. The topological polar surface area (TPSA) is 48.1 Å². The fourth-order valence-electron chi connectivity index (χ4n) is 2.45. The zero-order valence-electron chi connectivity index (χ0n) is 11.8. The van der Waals surface area contributed by atoms with Gasteiger partial charge in [0, 0.05) is 30.2 Å². The standard InChI is InChI=1S/C18H18N2O/c19-13-14-8-9-18(17-7-2-1-6-16(14)17)21-12-10-15-5-3-4-11-20-15/h1-9,11H,10,12-13,19H2. The summed E-state index contributed by atoms with van der Waals surface area (Å²) in [6, 6.07) is 18.2. The van der Waals surface area contributed by atoms with Crippen molar-refractivity contribution >= 4 is 10.8 Å². The van der Waals surface area contributed by atoms with Crippen LogP contribution in [0.3, 0.4) is 0 Å². The summed E-state index contributed by atoms with van der Waals surface area (Å²) in [4.78, 5) is 4.30. The Morgan fingerprint density at radius 3 is 2.48 bits per heavy atom. The zero-order chi connectivity index (χ0) is 14.5. The van der Waals surface area contributed by atoms with Gasteiger partial charge in [0.1, 0.15) is 5.75 Å². The van der Waals surface area contributed by atoms with E-state index in [9.17, 15) is 0 Å². The van der Waals surface area contributed by atoms with Crippen molar-refractivity contribution in [2.75, 3.05) is 6.61 Å². The van der Waals surface area contributed by atoms with Gasteiger partial charge in [0.25, 0.3) is 0 Å². The van der Waals surface area contributed by atoms with Crippen molar-refractivity contribution in [1.82, 2.24) is 4.98 Å². The molecule has 3 nitrogen and oxygen atoms in total. The largest absolute Gasteiger partial charge is 0.493 e. The number of ether oxygens (including phenoxy) is 1. The molecule has 0 saturated heterocycles. The molecule has 2 N–H and O–H groups in total. The van der Waals surface area contributed by atoms with Gasteiger partial charge in [-0.1, -0.05) is 36.4 Å². The average Bonchev–Trinajstić information content (AvgIpc) is 2.56. The maximum Gasteiger partial charge on any atom is 0.127 e. The van der Waals surface area contributed by atoms with Crippen molar-refractivity contribution in [1.29, 1.82) is 0 Å². The molecule has 0 radical (unpaired) electrons. The van der Waals surface area contributed by atoms with Crippen molar-refractivity contribution < 1.29 is 4.74 Å². The molecule has 3 rings (SSSR count). The molecule has 0 unspecified atom stereocenters. The van der Waals surface area contributed by atoms with Crippen LogP contribution in [0.1, 0.15) is 11.3 Å². The van der Waals surface area contributed by atoms with Crippen LogP contribution in [0.2, 0.25) is 0 Å². The van der Waals surface area contributed by atoms with E-state index in [1.54, 1.807) is 6.20 Å². The van der Waals surface area contributed by atoms with E-state index in [0.29, 0.717) is 13.2 Å². The van der Waals surface area contributed by atoms with Crippen molar-refractivity contribution in [3.8, 4) is 5.75 Å². The summed E-state index contributed by atoms with van der Waals surface area (Å²) in [7, 11) is 0. The van der Waals surface area contributed by atoms with Gasteiger partial charge in [-0.15, -0.1) is 0 Å². The van der Waals surface area contributed by atoms with Crippen molar-refractivity contribution in [2.45, 2.75) is 13.0 Å². The van der Waals surface area contributed by atoms with Gasteiger partial charge >= 0.3 is 0 Å². The number of nitrogens with two attached hydrogens (primary N) is 1. The molecule has 0 aliphatic carbocycles. The summed E-state index contributed by atoms with van der Waals surface area (Å²) in [6.07, 6.45) is 2.61. The Labute approximate surface area is 124 Å². The molecule has 0 aliphatic heterocycles. The molecule has 3 heteroatoms. The third-order valence-corrected chi connectivity index (χ3v) is 3.54. The van der Waals surface area contributed by atoms with Gasteiger partial charge in [-0.3, -0.25) is 4.98 Å². The molecule has 1 heterocycles. The Kier molecular flexibility index (Phi) is 4.12. The third kappa shape index (κ3) is 3.03. The summed E-state index contributed by atoms with van der Waals surface area (Å²) in [6.45, 7) is 1.15. The molecular formula is C18H18N2O. The van der Waals surface area contributed by atoms with Crippen molar-refractivity contribution in [3.63, 3.8) is 0 Å². The van der Waals surface area contributed by atoms with Crippen LogP contribution < -0.4 is 10.5 Å². The zero-order valence-corrected chi connectivity index (χ0v) is 11.8. The van der Waals surface area contributed by atoms with Gasteiger partial charge in [0.05, 0.1) is 6.61 Å². The van der Waals surface area contributed by atoms with Gasteiger partial charge < -0.3 is 10.5 Å². The predicted molar refractivity (Wildman–Crippen MR) is 85.3 cm³/mol. The molecule has 1 aromatic heterocycles. The summed E-state index contributed by atoms with van der Waals surface area (Å²) in [5.74, 6) is 0.902. The first-order chi connectivity index (χ1) is 10.4. The highest BCUT2D eigenvalue weighted by Crippen LogP contribution is 2.28. The van der Waals surface area contributed by atoms with Crippen LogP contribution in [0.15, 0.2) is 60.8 Å². The van der Waals surface area contributed by atoms with Gasteiger partial charge in [-0.25, -0.2) is 0 Å². The fourth-order valence-corrected chi connectivity index (χ4v) is 2.45. The second kappa shape index (κ2) is 6.37. The lowest BCUT2D eigenvalue weighted by Gasteiger charge is -2.11. The van der Waals surface area contributed by atoms with Crippen LogP contribution >= 0.6 is 0 Å². The van der Waals surface area contributed by atoms with E-state index in [-0.39, 0.29) is 0 Å². The predicted octanol–water partition coefficient (Wildman–Crippen LogP) is 3.32. The number of hydrogen-bond donors (Lipinski definition) is 1. The number of rotatable bonds is 5. The van der Waals surface area contributed by atoms with E-state index in [2.05, 4.69) is 17.1 Å². The Morgan fingerprint density at radius 1 is 0.905 bits per heavy atom. The summed E-state index contributed by atoms with van der Waals surface area (Å²) < 4.78 is 5.94. The van der Waals surface area contributed by atoms with Crippen molar-refractivity contribution in [3.05, 3.63) is 72.1 Å². The quantitative estimate of drug-likeness (QED) is 0.779. The molecular weight excluding hydrogens is 260 g/mol. The molecule has 0 saturated carbocycles. The average molecular weight is 278 g/mol. The maximum absolute atomic E-state index is 5.94. The van der Waals surface area contributed by atoms with Crippen LogP contribution in [0.4, 0.5) is 0 Å². The molecule has 0 amide bonds. The van der Waals surface area contributed by atoms with Crippen LogP contribution in [0.5, 0.6) is 5.75 Å². The van der Waals surface area contributed by atoms with Gasteiger partial charge in [0.2, 0.25) is 0 Å². The van der Waals surface area contributed by atoms with E-state index >= 15 is 0 Å². The Balaban J connectivity index is 1.78. The van der Waals surface area contributed by atoms with E-state index in [0.717, 1.165) is 34.2 Å². The number of benzene rings is 2. The summed E-state index contributed by atoms with van der Waals surface area (Å²) in [5, 5.41) is 2.27. The van der Waals surface area contributed by atoms with Crippen LogP contribution in [0, 0.1) is 0 Å². The Morgan fingerprint density at radius 2 is 1.71 bits per heavy atom. The lowest BCUT2D eigenvalue weighted by Crippen LogP contribution is -2.04. The normalized spacial score (nSPS) is 10.7. The molecule has 106 valence electrons. The molecule has 0 spiro atoms. The first kappa shape index (κ1) is 13.6. The number of aromatic nitrogens is 1. The van der Waals surface area contributed by atoms with E-state index < -0.39 is 0 Å². The van der Waals surface area contributed by atoms with E-state index in [4.69, 9.17) is 10.5 Å². The van der Waals surface area contributed by atoms with E-state index in [1.807, 2.05) is 42.5 Å². The SMILES string of the molecule is NCc1ccc(OCCc2ccccn2)c2ccccc12. The minimum Gasteiger partial charge on any atom is -0.493 e. The maximum atomic E-state index is 5.94. The van der Waals surface area contributed by atoms with Gasteiger partial charge in [-0.05, 0) is 29.1 Å². The lowest BCUT2D eigenvalue weighted by molar-refractivity contribution is 0.324. The van der Waals surface area contributed by atoms with E-state index in [1.165, 1.54) is 0 Å². The van der Waals surface area contributed by atoms with Gasteiger partial charge in [-0.2, -0.15) is 0 Å². The molecule has 21 heavy (non-hydrogen) atoms. The van der Waals surface area contributed by atoms with Crippen LogP contribution in [-0.4, -0.2) is 11.6 Å². The Hall–Kier alpha value is -2.39. The number of pyridine rings is 1. The Bertz CT molecular complexity index is 726. The molecule has 3 aromatic rings. The first-order valence-electron chi connectivity index (χ1n) is 7.12. The highest BCUT2D eigenvalue weighted by Gasteiger charge is 2.05. The van der Waals surface area contributed by atoms with Crippen LogP contribution in [0.25, 0.3) is 10.8 Å². The summed E-state index contributed by atoms with van der Waals surface area (Å²) >= 11 is 0. The molecule has 0 atom stereocenters. The number of nitrogens with zero attached hydrogens (tertiary/aromatic N) is 1. The highest BCUT2D eigenvalue weighted by molar-refractivity contribution is 5.91. The van der Waals surface area contributed by atoms with Crippen molar-refractivity contribution in [2.24, 2.45) is 5.73 Å². The second-order valence-corrected chi connectivity index (χ2v) is 4.89. The molecule has 2 aromatic carbocycles. The third-order valence-electron chi connectivity index (χ3n) is 3.54. The minimum atomic E-state index is 0.536. The van der Waals surface area contributed by atoms with Gasteiger partial charge in [0.15, 0.2) is 0 Å². The number of hydrogen-bond acceptors (Lipinski definition) is 3. The summed E-state index contributed by atoms with van der Waals surface area (Å²) in [5.41, 5.74) is 7.98. The highest BCUT2D eigenvalue weighted by atomic mass is 16.5. The smallest absolute Gasteiger partial charge is 0.127 e. The van der Waals surface area contributed by atoms with Crippen LogP contribution in [-0.2, 0) is 13.0 Å². The molecule has 0 bridgehead atoms. The minimum absolute atomic E-state index is 0.536. The monoisotopic (exact) mass is 278 g/mol. The second-order valence-electron chi connectivity index (χ2n) is 4.89. The molecule has 0 fully saturated rings.